The molecule has 2 aromatic carbocycles. The maximum absolute atomic E-state index is 13.6. The predicted molar refractivity (Wildman–Crippen MR) is 149 cm³/mol. The van der Waals surface area contributed by atoms with Crippen LogP contribution >= 0.6 is 11.3 Å². The molecule has 0 saturated heterocycles. The summed E-state index contributed by atoms with van der Waals surface area (Å²) < 4.78 is 6.91. The number of carbonyl (C=O) groups excluding carboxylic acids is 2. The van der Waals surface area contributed by atoms with E-state index in [1.165, 1.54) is 29.9 Å². The van der Waals surface area contributed by atoms with Crippen molar-refractivity contribution in [1.82, 2.24) is 4.57 Å². The zero-order chi connectivity index (χ0) is 27.0. The van der Waals surface area contributed by atoms with Gasteiger partial charge in [-0.15, -0.1) is 11.3 Å². The number of nitriles is 1. The SMILES string of the molecule is Cc1ccc(-c2c(C(=O)OC(C)C(=O)Nc3sc4c(c3C#N)CCCC4)n(C)c(=O)c3ccccc23)cc1. The number of thiophene rings is 1. The number of benzene rings is 2. The molecule has 192 valence electrons. The molecule has 8 heteroatoms. The number of pyridine rings is 1. The van der Waals surface area contributed by atoms with Crippen LogP contribution in [-0.2, 0) is 29.4 Å². The van der Waals surface area contributed by atoms with Gasteiger partial charge in [-0.05, 0) is 62.1 Å². The molecule has 0 bridgehead atoms. The first-order valence-corrected chi connectivity index (χ1v) is 13.4. The van der Waals surface area contributed by atoms with Crippen LogP contribution in [0.25, 0.3) is 21.9 Å². The molecule has 38 heavy (non-hydrogen) atoms. The third-order valence-corrected chi connectivity index (χ3v) is 8.22. The van der Waals surface area contributed by atoms with Crippen molar-refractivity contribution >= 4 is 39.0 Å². The highest BCUT2D eigenvalue weighted by molar-refractivity contribution is 7.16. The molecule has 0 saturated carbocycles. The van der Waals surface area contributed by atoms with Crippen molar-refractivity contribution in [2.45, 2.75) is 45.6 Å². The Kier molecular flexibility index (Phi) is 6.87. The van der Waals surface area contributed by atoms with Gasteiger partial charge in [0.1, 0.15) is 16.8 Å². The minimum absolute atomic E-state index is 0.0708. The van der Waals surface area contributed by atoms with Crippen LogP contribution in [0.4, 0.5) is 5.00 Å². The lowest BCUT2D eigenvalue weighted by Gasteiger charge is -2.19. The molecule has 0 radical (unpaired) electrons. The first-order chi connectivity index (χ1) is 18.3. The van der Waals surface area contributed by atoms with Gasteiger partial charge in [0.2, 0.25) is 0 Å². The van der Waals surface area contributed by atoms with Crippen molar-refractivity contribution in [3.8, 4) is 17.2 Å². The molecule has 0 spiro atoms. The molecule has 2 aromatic heterocycles. The van der Waals surface area contributed by atoms with E-state index in [1.807, 2.05) is 37.3 Å². The fraction of sp³-hybridized carbons (Fsp3) is 0.267. The average molecular weight is 526 g/mol. The summed E-state index contributed by atoms with van der Waals surface area (Å²) in [5.41, 5.74) is 3.63. The second-order valence-electron chi connectivity index (χ2n) is 9.56. The second kappa shape index (κ2) is 10.3. The number of ether oxygens (including phenoxy) is 1. The zero-order valence-electron chi connectivity index (χ0n) is 21.5. The van der Waals surface area contributed by atoms with E-state index in [2.05, 4.69) is 11.4 Å². The normalized spacial score (nSPS) is 13.4. The lowest BCUT2D eigenvalue weighted by atomic mass is 9.96. The van der Waals surface area contributed by atoms with Crippen molar-refractivity contribution in [2.75, 3.05) is 5.32 Å². The number of aryl methyl sites for hydroxylation is 2. The smallest absolute Gasteiger partial charge is 0.356 e. The van der Waals surface area contributed by atoms with E-state index in [9.17, 15) is 19.6 Å². The number of carbonyl (C=O) groups is 2. The maximum atomic E-state index is 13.6. The first-order valence-electron chi connectivity index (χ1n) is 12.6. The largest absolute Gasteiger partial charge is 0.448 e. The lowest BCUT2D eigenvalue weighted by Crippen LogP contribution is -2.32. The topological polar surface area (TPSA) is 101 Å². The Balaban J connectivity index is 1.49. The van der Waals surface area contributed by atoms with E-state index in [1.54, 1.807) is 18.2 Å². The van der Waals surface area contributed by atoms with Crippen LogP contribution in [0.5, 0.6) is 0 Å². The Hall–Kier alpha value is -4.22. The summed E-state index contributed by atoms with van der Waals surface area (Å²) in [4.78, 5) is 40.9. The quantitative estimate of drug-likeness (QED) is 0.346. The third-order valence-electron chi connectivity index (χ3n) is 7.01. The molecule has 1 unspecified atom stereocenters. The maximum Gasteiger partial charge on any atom is 0.356 e. The van der Waals surface area contributed by atoms with Gasteiger partial charge in [0.05, 0.1) is 5.56 Å². The molecule has 1 aliphatic carbocycles. The molecule has 0 fully saturated rings. The van der Waals surface area contributed by atoms with Crippen LogP contribution in [0.2, 0.25) is 0 Å². The summed E-state index contributed by atoms with van der Waals surface area (Å²) in [7, 11) is 1.53. The van der Waals surface area contributed by atoms with Crippen molar-refractivity contribution in [3.63, 3.8) is 0 Å². The van der Waals surface area contributed by atoms with Crippen LogP contribution in [-0.4, -0.2) is 22.5 Å². The third kappa shape index (κ3) is 4.50. The van der Waals surface area contributed by atoms with Gasteiger partial charge in [-0.25, -0.2) is 4.79 Å². The van der Waals surface area contributed by atoms with Crippen molar-refractivity contribution in [3.05, 3.63) is 86.1 Å². The summed E-state index contributed by atoms with van der Waals surface area (Å²) in [6.45, 7) is 3.46. The van der Waals surface area contributed by atoms with Gasteiger partial charge in [0.25, 0.3) is 11.5 Å². The molecule has 4 aromatic rings. The number of hydrogen-bond acceptors (Lipinski definition) is 6. The average Bonchev–Trinajstić information content (AvgIpc) is 3.27. The summed E-state index contributed by atoms with van der Waals surface area (Å²) >= 11 is 1.41. The minimum atomic E-state index is -1.15. The van der Waals surface area contributed by atoms with E-state index in [0.717, 1.165) is 47.3 Å². The standard InChI is InChI=1S/C30H27N3O4S/c1-17-12-14-19(15-13-17)25-21-9-4-5-10-22(21)29(35)33(3)26(25)30(36)37-18(2)27(34)32-28-23(16-31)20-8-6-7-11-24(20)38-28/h4-5,9-10,12-15,18H,6-8,11H2,1-3H3,(H,32,34). The predicted octanol–water partition coefficient (Wildman–Crippen LogP) is 5.51. The molecule has 2 heterocycles. The van der Waals surface area contributed by atoms with E-state index in [4.69, 9.17) is 4.74 Å². The summed E-state index contributed by atoms with van der Waals surface area (Å²) in [5.74, 6) is -1.31. The Labute approximate surface area is 224 Å². The van der Waals surface area contributed by atoms with Crippen LogP contribution < -0.4 is 10.9 Å². The number of rotatable bonds is 5. The lowest BCUT2D eigenvalue weighted by molar-refractivity contribution is -0.123. The van der Waals surface area contributed by atoms with Crippen molar-refractivity contribution in [2.24, 2.45) is 7.05 Å². The molecule has 5 rings (SSSR count). The van der Waals surface area contributed by atoms with Gasteiger partial charge in [0, 0.05) is 22.9 Å². The number of nitrogens with one attached hydrogen (secondary N) is 1. The fourth-order valence-electron chi connectivity index (χ4n) is 4.97. The van der Waals surface area contributed by atoms with Crippen LogP contribution in [0.3, 0.4) is 0 Å². The highest BCUT2D eigenvalue weighted by Gasteiger charge is 2.28. The number of hydrogen-bond donors (Lipinski definition) is 1. The molecule has 0 aliphatic heterocycles. The van der Waals surface area contributed by atoms with E-state index < -0.39 is 18.0 Å². The van der Waals surface area contributed by atoms with E-state index in [-0.39, 0.29) is 11.3 Å². The Morgan fingerprint density at radius 2 is 1.76 bits per heavy atom. The molecule has 1 amide bonds. The molecule has 7 nitrogen and oxygen atoms in total. The van der Waals surface area contributed by atoms with Gasteiger partial charge < -0.3 is 14.6 Å². The van der Waals surface area contributed by atoms with E-state index >= 15 is 0 Å². The van der Waals surface area contributed by atoms with Crippen LogP contribution in [0, 0.1) is 18.3 Å². The number of nitrogens with zero attached hydrogens (tertiary/aromatic N) is 2. The number of amides is 1. The molecular weight excluding hydrogens is 498 g/mol. The van der Waals surface area contributed by atoms with Crippen LogP contribution in [0.1, 0.15) is 51.8 Å². The monoisotopic (exact) mass is 525 g/mol. The minimum Gasteiger partial charge on any atom is -0.448 e. The molecule has 1 aliphatic rings. The van der Waals surface area contributed by atoms with Gasteiger partial charge in [0.15, 0.2) is 6.10 Å². The number of fused-ring (bicyclic) bond motifs is 2. The molecule has 1 N–H and O–H groups in total. The van der Waals surface area contributed by atoms with Gasteiger partial charge in [-0.3, -0.25) is 9.59 Å². The number of esters is 1. The highest BCUT2D eigenvalue weighted by Crippen LogP contribution is 2.38. The van der Waals surface area contributed by atoms with Gasteiger partial charge >= 0.3 is 5.97 Å². The summed E-state index contributed by atoms with van der Waals surface area (Å²) in [6, 6.07) is 17.0. The van der Waals surface area contributed by atoms with Crippen molar-refractivity contribution < 1.29 is 14.3 Å². The van der Waals surface area contributed by atoms with Crippen molar-refractivity contribution in [1.29, 1.82) is 5.26 Å². The summed E-state index contributed by atoms with van der Waals surface area (Å²) in [5, 5.41) is 14.1. The number of anilines is 1. The second-order valence-corrected chi connectivity index (χ2v) is 10.7. The Morgan fingerprint density at radius 3 is 2.47 bits per heavy atom. The Morgan fingerprint density at radius 1 is 1.08 bits per heavy atom. The Bertz CT molecular complexity index is 1680. The van der Waals surface area contributed by atoms with Crippen LogP contribution in [0.15, 0.2) is 53.3 Å². The number of aromatic nitrogens is 1. The zero-order valence-corrected chi connectivity index (χ0v) is 22.3. The fourth-order valence-corrected chi connectivity index (χ4v) is 6.21. The van der Waals surface area contributed by atoms with Gasteiger partial charge in [-0.2, -0.15) is 5.26 Å². The van der Waals surface area contributed by atoms with E-state index in [0.29, 0.717) is 26.9 Å². The van der Waals surface area contributed by atoms with Gasteiger partial charge in [-0.1, -0.05) is 48.0 Å². The summed E-state index contributed by atoms with van der Waals surface area (Å²) in [6.07, 6.45) is 2.65. The molecule has 1 atom stereocenters. The highest BCUT2D eigenvalue weighted by atomic mass is 32.1. The first kappa shape index (κ1) is 25.4. The molecular formula is C30H27N3O4S.